The van der Waals surface area contributed by atoms with Gasteiger partial charge in [-0.15, -0.1) is 0 Å². The van der Waals surface area contributed by atoms with Gasteiger partial charge in [0.1, 0.15) is 0 Å². The van der Waals surface area contributed by atoms with E-state index in [0.29, 0.717) is 5.92 Å². The number of ether oxygens (including phenoxy) is 1. The Kier molecular flexibility index (Phi) is 14.3. The molecule has 0 spiro atoms. The molecule has 366 valence electrons. The Labute approximate surface area is 415 Å². The van der Waals surface area contributed by atoms with Gasteiger partial charge in [-0.3, -0.25) is 9.36 Å². The third-order valence-electron chi connectivity index (χ3n) is 13.7. The van der Waals surface area contributed by atoms with Crippen LogP contribution in [-0.2, 0) is 31.7 Å². The van der Waals surface area contributed by atoms with Crippen molar-refractivity contribution in [2.75, 3.05) is 85.2 Å². The molecule has 0 radical (unpaired) electrons. The van der Waals surface area contributed by atoms with E-state index in [1.165, 1.54) is 22.4 Å². The van der Waals surface area contributed by atoms with E-state index in [0.717, 1.165) is 148 Å². The van der Waals surface area contributed by atoms with Gasteiger partial charge in [-0.2, -0.15) is 20.4 Å². The number of piperazine rings is 2. The predicted molar refractivity (Wildman–Crippen MR) is 280 cm³/mol. The van der Waals surface area contributed by atoms with Crippen LogP contribution >= 0.6 is 0 Å². The Morgan fingerprint density at radius 2 is 0.915 bits per heavy atom. The minimum atomic E-state index is 0.693. The number of nitrogens with zero attached hydrogens (tertiary/aromatic N) is 16. The first-order valence-corrected chi connectivity index (χ1v) is 25.0. The quantitative estimate of drug-likeness (QED) is 0.133. The van der Waals surface area contributed by atoms with Crippen molar-refractivity contribution in [3.63, 3.8) is 0 Å². The summed E-state index contributed by atoms with van der Waals surface area (Å²) in [4.78, 5) is 28.1. The second-order valence-corrected chi connectivity index (χ2v) is 18.5. The number of benzene rings is 1. The molecule has 0 bridgehead atoms. The molecule has 1 aromatic carbocycles. The second kappa shape index (κ2) is 21.5. The van der Waals surface area contributed by atoms with E-state index in [9.17, 15) is 0 Å². The zero-order valence-corrected chi connectivity index (χ0v) is 41.6. The lowest BCUT2D eigenvalue weighted by Gasteiger charge is -2.35. The number of hydrogen-bond donors (Lipinski definition) is 0. The van der Waals surface area contributed by atoms with Gasteiger partial charge in [-0.1, -0.05) is 55.8 Å². The van der Waals surface area contributed by atoms with Crippen molar-refractivity contribution in [1.82, 2.24) is 58.7 Å². The molecule has 11 heterocycles. The molecule has 3 fully saturated rings. The first-order chi connectivity index (χ1) is 34.8. The molecule has 17 heteroatoms. The minimum absolute atomic E-state index is 0.693. The number of rotatable bonds is 10. The summed E-state index contributed by atoms with van der Waals surface area (Å²) in [5, 5.41) is 17.8. The maximum Gasteiger partial charge on any atom is 0.225 e. The molecule has 0 amide bonds. The summed E-state index contributed by atoms with van der Waals surface area (Å²) in [6.45, 7) is 15.0. The molecule has 3 aliphatic rings. The first kappa shape index (κ1) is 47.0. The van der Waals surface area contributed by atoms with Gasteiger partial charge >= 0.3 is 0 Å². The van der Waals surface area contributed by atoms with E-state index in [4.69, 9.17) is 4.74 Å². The van der Waals surface area contributed by atoms with Crippen molar-refractivity contribution in [3.8, 4) is 22.3 Å². The fraction of sp³-hybridized carbons (Fsp3) is 0.370. The topological polar surface area (TPSA) is 144 Å². The van der Waals surface area contributed by atoms with Gasteiger partial charge in [0.05, 0.1) is 47.2 Å². The number of fused-ring (bicyclic) bond motifs is 2. The first-order valence-electron chi connectivity index (χ1n) is 25.0. The lowest BCUT2D eigenvalue weighted by Crippen LogP contribution is -2.47. The molecule has 71 heavy (non-hydrogen) atoms. The molecule has 0 N–H and O–H groups in total. The van der Waals surface area contributed by atoms with Crippen molar-refractivity contribution in [3.05, 3.63) is 145 Å². The molecule has 0 saturated carbocycles. The van der Waals surface area contributed by atoms with Crippen LogP contribution in [0, 0.1) is 12.8 Å². The van der Waals surface area contributed by atoms with Gasteiger partial charge in [0.25, 0.3) is 0 Å². The lowest BCUT2D eigenvalue weighted by atomic mass is 9.94. The maximum atomic E-state index is 5.47. The normalized spacial score (nSPS) is 15.5. The molecule has 0 atom stereocenters. The Balaban J connectivity index is 0.000000159. The second-order valence-electron chi connectivity index (χ2n) is 18.5. The molecular weight excluding hydrogens is 889 g/mol. The van der Waals surface area contributed by atoms with Crippen molar-refractivity contribution < 1.29 is 4.74 Å². The molecule has 3 saturated heterocycles. The van der Waals surface area contributed by atoms with Crippen molar-refractivity contribution >= 4 is 34.3 Å². The van der Waals surface area contributed by atoms with Gasteiger partial charge in [0.15, 0.2) is 0 Å². The Bertz CT molecular complexity index is 3110. The highest BCUT2D eigenvalue weighted by Crippen LogP contribution is 2.29. The van der Waals surface area contributed by atoms with Crippen LogP contribution in [0.5, 0.6) is 0 Å². The van der Waals surface area contributed by atoms with Crippen LogP contribution in [0.4, 0.5) is 23.3 Å². The van der Waals surface area contributed by atoms with Crippen LogP contribution < -0.4 is 19.6 Å². The molecule has 12 rings (SSSR count). The fourth-order valence-electron chi connectivity index (χ4n) is 9.65. The highest BCUT2D eigenvalue weighted by atomic mass is 16.5. The smallest absolute Gasteiger partial charge is 0.225 e. The van der Waals surface area contributed by atoms with E-state index in [2.05, 4.69) is 128 Å². The van der Waals surface area contributed by atoms with Gasteiger partial charge < -0.3 is 24.3 Å². The van der Waals surface area contributed by atoms with E-state index < -0.39 is 0 Å². The molecule has 3 aliphatic heterocycles. The third-order valence-corrected chi connectivity index (χ3v) is 13.7. The Hall–Kier alpha value is -7.66. The molecular formula is C54H64N16O. The van der Waals surface area contributed by atoms with E-state index in [-0.39, 0.29) is 0 Å². The zero-order valence-electron chi connectivity index (χ0n) is 41.6. The fourth-order valence-corrected chi connectivity index (χ4v) is 9.65. The predicted octanol–water partition coefficient (Wildman–Crippen LogP) is 7.60. The highest BCUT2D eigenvalue weighted by molar-refractivity contribution is 5.77. The van der Waals surface area contributed by atoms with Crippen LogP contribution in [0.2, 0.25) is 0 Å². The number of anilines is 4. The van der Waals surface area contributed by atoms with E-state index >= 15 is 0 Å². The molecule has 0 aliphatic carbocycles. The lowest BCUT2D eigenvalue weighted by molar-refractivity contribution is 0.0665. The summed E-state index contributed by atoms with van der Waals surface area (Å²) in [6.07, 6.45) is 28.0. The van der Waals surface area contributed by atoms with Crippen molar-refractivity contribution in [2.45, 2.75) is 46.5 Å². The maximum absolute atomic E-state index is 5.47. The zero-order chi connectivity index (χ0) is 48.7. The molecule has 17 nitrogen and oxygen atoms in total. The summed E-state index contributed by atoms with van der Waals surface area (Å²) < 4.78 is 13.0. The van der Waals surface area contributed by atoms with Crippen LogP contribution in [0.15, 0.2) is 123 Å². The standard InChI is InChI=1S/C27H28N8.C25H30N8O.C2H6/c1-20-3-5-21(6-4-20)13-22-14-28-27(29-15-22)34-11-9-33(10-12-34)26-17-31-35-19-23(7-8-25(26)35)24-16-30-32(2)18-24;1-30-17-22(15-28-30)21-2-3-23-24(16-29-33(23)18-21)31-6-8-32(9-7-31)25-26-13-20(14-27-25)12-19-4-10-34-11-5-19;1-2/h3-8,14-19H,9-13H2,1-2H3;2-3,13-19H,4-12H2,1H3;1-2H3. The van der Waals surface area contributed by atoms with Crippen LogP contribution in [-0.4, -0.2) is 124 Å². The minimum Gasteiger partial charge on any atom is -0.381 e. The summed E-state index contributed by atoms with van der Waals surface area (Å²) >= 11 is 0. The molecule has 9 aromatic rings. The number of pyridine rings is 2. The van der Waals surface area contributed by atoms with Crippen molar-refractivity contribution in [2.24, 2.45) is 20.0 Å². The third kappa shape index (κ3) is 10.9. The number of hydrogen-bond acceptors (Lipinski definition) is 13. The summed E-state index contributed by atoms with van der Waals surface area (Å²) in [5.74, 6) is 2.33. The van der Waals surface area contributed by atoms with Gasteiger partial charge in [-0.25, -0.2) is 29.0 Å². The highest BCUT2D eigenvalue weighted by Gasteiger charge is 2.24. The molecule has 0 unspecified atom stereocenters. The van der Waals surface area contributed by atoms with E-state index in [1.54, 1.807) is 0 Å². The SMILES string of the molecule is CC.Cc1ccc(Cc2cnc(N3CCN(c4cnn5cc(-c6cnn(C)c6)ccc45)CC3)nc2)cc1.Cn1cc(-c2ccc3c(N4CCN(c5ncc(CC6CCOCC6)cn5)CC4)cnn3c2)cn1. The number of aromatic nitrogens is 12. The average molecular weight is 953 g/mol. The van der Waals surface area contributed by atoms with Crippen LogP contribution in [0.25, 0.3) is 33.3 Å². The Morgan fingerprint density at radius 1 is 0.465 bits per heavy atom. The molecule has 8 aromatic heterocycles. The van der Waals surface area contributed by atoms with E-state index in [1.807, 2.05) is 108 Å². The Morgan fingerprint density at radius 3 is 1.37 bits per heavy atom. The average Bonchev–Trinajstić information content (AvgIpc) is 4.26. The van der Waals surface area contributed by atoms with Crippen molar-refractivity contribution in [1.29, 1.82) is 0 Å². The number of aryl methyl sites for hydroxylation is 3. The summed E-state index contributed by atoms with van der Waals surface area (Å²) in [5.41, 5.74) is 13.9. The summed E-state index contributed by atoms with van der Waals surface area (Å²) in [7, 11) is 3.86. The van der Waals surface area contributed by atoms with Gasteiger partial charge in [0, 0.05) is 158 Å². The summed E-state index contributed by atoms with van der Waals surface area (Å²) in [6, 6.07) is 17.2. The van der Waals surface area contributed by atoms with Crippen LogP contribution in [0.3, 0.4) is 0 Å². The monoisotopic (exact) mass is 953 g/mol. The van der Waals surface area contributed by atoms with Gasteiger partial charge in [0.2, 0.25) is 11.9 Å². The van der Waals surface area contributed by atoms with Gasteiger partial charge in [-0.05, 0) is 60.9 Å². The largest absolute Gasteiger partial charge is 0.381 e. The van der Waals surface area contributed by atoms with Crippen LogP contribution in [0.1, 0.15) is 48.9 Å².